The highest BCUT2D eigenvalue weighted by Crippen LogP contribution is 1.95. The third kappa shape index (κ3) is 5.87. The summed E-state index contributed by atoms with van der Waals surface area (Å²) in [5.74, 6) is -0.129. The molecule has 0 aromatic heterocycles. The van der Waals surface area contributed by atoms with Crippen LogP contribution in [0.3, 0.4) is 0 Å². The van der Waals surface area contributed by atoms with Crippen LogP contribution >= 0.6 is 0 Å². The number of amides is 1. The molecule has 1 heterocycles. The first-order chi connectivity index (χ1) is 7.68. The first-order valence-corrected chi connectivity index (χ1v) is 5.43. The summed E-state index contributed by atoms with van der Waals surface area (Å²) in [5, 5.41) is 25.9. The Morgan fingerprint density at radius 2 is 2.38 bits per heavy atom. The Balaban J connectivity index is 2.04. The smallest absolute Gasteiger partial charge is 0.427 e. The largest absolute Gasteiger partial charge is 0.455 e. The van der Waals surface area contributed by atoms with Crippen molar-refractivity contribution in [1.82, 2.24) is 16.0 Å². The molecule has 16 heavy (non-hydrogen) atoms. The van der Waals surface area contributed by atoms with Crippen LogP contribution in [-0.2, 0) is 4.79 Å². The molecule has 1 unspecified atom stereocenters. The lowest BCUT2D eigenvalue weighted by atomic mass is 9.87. The molecular weight excluding hydrogens is 209 g/mol. The molecule has 1 atom stereocenters. The molecule has 5 N–H and O–H groups in total. The highest BCUT2D eigenvalue weighted by Gasteiger charge is 2.14. The van der Waals surface area contributed by atoms with Crippen molar-refractivity contribution in [2.75, 3.05) is 19.6 Å². The zero-order chi connectivity index (χ0) is 11.8. The fraction of sp³-hybridized carbons (Fsp3) is 0.667. The van der Waals surface area contributed by atoms with Crippen molar-refractivity contribution >= 4 is 13.0 Å². The topological polar surface area (TPSA) is 93.6 Å². The Bertz CT molecular complexity index is 242. The number of carbonyl (C=O) groups excluding carboxylic acids is 1. The van der Waals surface area contributed by atoms with Gasteiger partial charge in [0.25, 0.3) is 0 Å². The molecule has 1 rings (SSSR count). The van der Waals surface area contributed by atoms with Crippen molar-refractivity contribution in [2.45, 2.75) is 18.8 Å². The number of rotatable bonds is 6. The van der Waals surface area contributed by atoms with Gasteiger partial charge in [0.2, 0.25) is 5.91 Å². The molecular formula is C9H18BN3O3. The summed E-state index contributed by atoms with van der Waals surface area (Å²) in [6.45, 7) is 2.17. The summed E-state index contributed by atoms with van der Waals surface area (Å²) in [6, 6.07) is 0.369. The molecule has 0 aromatic carbocycles. The van der Waals surface area contributed by atoms with Gasteiger partial charge in [0.15, 0.2) is 0 Å². The van der Waals surface area contributed by atoms with Crippen LogP contribution in [0.25, 0.3) is 0 Å². The lowest BCUT2D eigenvalue weighted by Crippen LogP contribution is -2.38. The maximum Gasteiger partial charge on any atom is 0.455 e. The van der Waals surface area contributed by atoms with Crippen LogP contribution in [-0.4, -0.2) is 48.7 Å². The summed E-state index contributed by atoms with van der Waals surface area (Å²) >= 11 is 0. The monoisotopic (exact) mass is 227 g/mol. The molecule has 0 aliphatic carbocycles. The van der Waals surface area contributed by atoms with Crippen molar-refractivity contribution < 1.29 is 14.8 Å². The van der Waals surface area contributed by atoms with Gasteiger partial charge >= 0.3 is 7.12 Å². The summed E-state index contributed by atoms with van der Waals surface area (Å²) in [5.41, 5.74) is 0. The fourth-order valence-electron chi connectivity index (χ4n) is 1.46. The van der Waals surface area contributed by atoms with E-state index in [-0.39, 0.29) is 18.8 Å². The first-order valence-electron chi connectivity index (χ1n) is 5.43. The Morgan fingerprint density at radius 1 is 1.56 bits per heavy atom. The summed E-state index contributed by atoms with van der Waals surface area (Å²) in [7, 11) is -1.36. The third-order valence-electron chi connectivity index (χ3n) is 2.32. The summed E-state index contributed by atoms with van der Waals surface area (Å²) in [4.78, 5) is 11.3. The molecule has 0 spiro atoms. The van der Waals surface area contributed by atoms with Gasteiger partial charge in [-0.15, -0.1) is 0 Å². The second-order valence-electron chi connectivity index (χ2n) is 3.76. The predicted molar refractivity (Wildman–Crippen MR) is 61.6 cm³/mol. The lowest BCUT2D eigenvalue weighted by molar-refractivity contribution is -0.119. The van der Waals surface area contributed by atoms with Gasteiger partial charge in [0, 0.05) is 18.9 Å². The Kier molecular flexibility index (Phi) is 6.09. The molecule has 6 nitrogen and oxygen atoms in total. The summed E-state index contributed by atoms with van der Waals surface area (Å²) < 4.78 is 0. The molecule has 0 aromatic rings. The minimum Gasteiger partial charge on any atom is -0.427 e. The molecule has 0 saturated carbocycles. The van der Waals surface area contributed by atoms with Gasteiger partial charge in [0.1, 0.15) is 0 Å². The van der Waals surface area contributed by atoms with Crippen LogP contribution in [0, 0.1) is 0 Å². The normalized spacial score (nSPS) is 20.2. The van der Waals surface area contributed by atoms with Crippen LogP contribution in [0.1, 0.15) is 6.42 Å². The van der Waals surface area contributed by atoms with E-state index in [2.05, 4.69) is 16.0 Å². The number of hydrogen-bond donors (Lipinski definition) is 5. The molecule has 1 aliphatic heterocycles. The third-order valence-corrected chi connectivity index (χ3v) is 2.32. The number of nitrogens with one attached hydrogen (secondary N) is 3. The van der Waals surface area contributed by atoms with E-state index in [1.54, 1.807) is 0 Å². The lowest BCUT2D eigenvalue weighted by Gasteiger charge is -2.09. The van der Waals surface area contributed by atoms with Gasteiger partial charge in [-0.2, -0.15) is 0 Å². The van der Waals surface area contributed by atoms with Crippen LogP contribution in [0.2, 0.25) is 6.32 Å². The molecule has 1 fully saturated rings. The molecule has 1 aliphatic rings. The average molecular weight is 227 g/mol. The second-order valence-corrected chi connectivity index (χ2v) is 3.76. The van der Waals surface area contributed by atoms with Crippen molar-refractivity contribution in [1.29, 1.82) is 0 Å². The Morgan fingerprint density at radius 3 is 3.00 bits per heavy atom. The van der Waals surface area contributed by atoms with Crippen LogP contribution in [0.15, 0.2) is 12.3 Å². The molecule has 90 valence electrons. The Labute approximate surface area is 95.3 Å². The highest BCUT2D eigenvalue weighted by molar-refractivity contribution is 6.41. The SMILES string of the molecule is O=C(CNC1CCNC1)NC=CCB(O)O. The van der Waals surface area contributed by atoms with Crippen molar-refractivity contribution in [3.63, 3.8) is 0 Å². The molecule has 0 radical (unpaired) electrons. The van der Waals surface area contributed by atoms with Crippen molar-refractivity contribution in [2.24, 2.45) is 0 Å². The van der Waals surface area contributed by atoms with Gasteiger partial charge in [-0.05, 0) is 19.2 Å². The first kappa shape index (κ1) is 13.2. The van der Waals surface area contributed by atoms with E-state index in [4.69, 9.17) is 10.0 Å². The Hall–Kier alpha value is -0.885. The minimum absolute atomic E-state index is 0.111. The molecule has 7 heteroatoms. The predicted octanol–water partition coefficient (Wildman–Crippen LogP) is -1.96. The highest BCUT2D eigenvalue weighted by atomic mass is 16.4. The molecule has 1 saturated heterocycles. The van der Waals surface area contributed by atoms with Crippen molar-refractivity contribution in [3.05, 3.63) is 12.3 Å². The number of allylic oxidation sites excluding steroid dienone is 1. The minimum atomic E-state index is -1.36. The van der Waals surface area contributed by atoms with Gasteiger partial charge in [0.05, 0.1) is 6.54 Å². The zero-order valence-electron chi connectivity index (χ0n) is 9.15. The van der Waals surface area contributed by atoms with Gasteiger partial charge < -0.3 is 26.0 Å². The standard InChI is InChI=1S/C9H18BN3O3/c14-9(12-4-1-3-10(15)16)7-13-8-2-5-11-6-8/h1,4,8,11,13,15-16H,2-3,5-7H2,(H,12,14). The van der Waals surface area contributed by atoms with E-state index in [0.717, 1.165) is 19.5 Å². The summed E-state index contributed by atoms with van der Waals surface area (Å²) in [6.07, 6.45) is 4.08. The molecule has 1 amide bonds. The van der Waals surface area contributed by atoms with Gasteiger partial charge in [-0.1, -0.05) is 6.08 Å². The zero-order valence-corrected chi connectivity index (χ0v) is 9.15. The molecule has 0 bridgehead atoms. The van der Waals surface area contributed by atoms with Crippen LogP contribution in [0.4, 0.5) is 0 Å². The second kappa shape index (κ2) is 7.40. The van der Waals surface area contributed by atoms with E-state index in [9.17, 15) is 4.79 Å². The van der Waals surface area contributed by atoms with Crippen molar-refractivity contribution in [3.8, 4) is 0 Å². The number of hydrogen-bond acceptors (Lipinski definition) is 5. The number of carbonyl (C=O) groups is 1. The average Bonchev–Trinajstić information content (AvgIpc) is 2.74. The van der Waals surface area contributed by atoms with E-state index in [0.29, 0.717) is 6.04 Å². The van der Waals surface area contributed by atoms with Crippen LogP contribution < -0.4 is 16.0 Å². The van der Waals surface area contributed by atoms with E-state index < -0.39 is 7.12 Å². The van der Waals surface area contributed by atoms with E-state index in [1.807, 2.05) is 0 Å². The van der Waals surface area contributed by atoms with E-state index in [1.165, 1.54) is 12.3 Å². The maximum absolute atomic E-state index is 11.3. The quantitative estimate of drug-likeness (QED) is 0.340. The van der Waals surface area contributed by atoms with Gasteiger partial charge in [-0.25, -0.2) is 0 Å². The van der Waals surface area contributed by atoms with E-state index >= 15 is 0 Å². The maximum atomic E-state index is 11.3. The van der Waals surface area contributed by atoms with Gasteiger partial charge in [-0.3, -0.25) is 4.79 Å². The fourth-order valence-corrected chi connectivity index (χ4v) is 1.46. The van der Waals surface area contributed by atoms with Crippen LogP contribution in [0.5, 0.6) is 0 Å².